The van der Waals surface area contributed by atoms with Gasteiger partial charge in [-0.2, -0.15) is 0 Å². The third-order valence-corrected chi connectivity index (χ3v) is 3.17. The Morgan fingerprint density at radius 3 is 2.17 bits per heavy atom. The van der Waals surface area contributed by atoms with E-state index in [1.807, 2.05) is 0 Å². The summed E-state index contributed by atoms with van der Waals surface area (Å²) in [5.74, 6) is 2.13. The second kappa shape index (κ2) is 3.78. The molecular weight excluding hydrogens is 146 g/mol. The zero-order valence-corrected chi connectivity index (χ0v) is 8.18. The Bertz CT molecular complexity index is 124. The van der Waals surface area contributed by atoms with Crippen molar-refractivity contribution >= 4 is 0 Å². The van der Waals surface area contributed by atoms with Gasteiger partial charge in [0.25, 0.3) is 0 Å². The normalized spacial score (nSPS) is 23.5. The number of hydrogen-bond acceptors (Lipinski definition) is 1. The van der Waals surface area contributed by atoms with Crippen molar-refractivity contribution in [2.45, 2.75) is 51.5 Å². The molecule has 0 aliphatic heterocycles. The first-order valence-corrected chi connectivity index (χ1v) is 5.65. The van der Waals surface area contributed by atoms with Crippen molar-refractivity contribution in [2.75, 3.05) is 6.54 Å². The minimum atomic E-state index is 0.913. The molecule has 1 heteroatoms. The maximum atomic E-state index is 3.74. The van der Waals surface area contributed by atoms with E-state index in [-0.39, 0.29) is 0 Å². The summed E-state index contributed by atoms with van der Waals surface area (Å²) in [7, 11) is 0. The molecule has 12 heavy (non-hydrogen) atoms. The molecule has 2 aliphatic rings. The van der Waals surface area contributed by atoms with Gasteiger partial charge in [-0.05, 0) is 50.5 Å². The van der Waals surface area contributed by atoms with Gasteiger partial charge >= 0.3 is 0 Å². The van der Waals surface area contributed by atoms with Gasteiger partial charge in [-0.3, -0.25) is 0 Å². The van der Waals surface area contributed by atoms with Crippen molar-refractivity contribution in [1.82, 2.24) is 5.32 Å². The first-order valence-electron chi connectivity index (χ1n) is 5.65. The fourth-order valence-electron chi connectivity index (χ4n) is 2.07. The Kier molecular flexibility index (Phi) is 2.69. The van der Waals surface area contributed by atoms with Crippen molar-refractivity contribution in [3.05, 3.63) is 0 Å². The molecule has 1 nitrogen and oxygen atoms in total. The van der Waals surface area contributed by atoms with Gasteiger partial charge in [-0.15, -0.1) is 0 Å². The number of rotatable bonds is 6. The highest BCUT2D eigenvalue weighted by atomic mass is 14.9. The summed E-state index contributed by atoms with van der Waals surface area (Å²) in [5, 5.41) is 3.74. The van der Waals surface area contributed by atoms with Gasteiger partial charge in [0.1, 0.15) is 0 Å². The molecule has 0 radical (unpaired) electrons. The molecule has 0 aromatic heterocycles. The molecule has 0 bridgehead atoms. The highest BCUT2D eigenvalue weighted by Crippen LogP contribution is 2.44. The molecule has 0 aromatic carbocycles. The molecule has 0 amide bonds. The number of hydrogen-bond donors (Lipinski definition) is 1. The minimum Gasteiger partial charge on any atom is -0.313 e. The number of unbranched alkanes of at least 4 members (excludes halogenated alkanes) is 1. The first kappa shape index (κ1) is 8.55. The number of nitrogens with one attached hydrogen (secondary N) is 1. The van der Waals surface area contributed by atoms with Gasteiger partial charge in [0.05, 0.1) is 0 Å². The second-order valence-electron chi connectivity index (χ2n) is 4.51. The topological polar surface area (TPSA) is 12.0 Å². The molecule has 0 atom stereocenters. The minimum absolute atomic E-state index is 0.913. The van der Waals surface area contributed by atoms with Crippen LogP contribution in [-0.2, 0) is 0 Å². The summed E-state index contributed by atoms with van der Waals surface area (Å²) in [6.07, 6.45) is 8.69. The van der Waals surface area contributed by atoms with Crippen molar-refractivity contribution in [3.63, 3.8) is 0 Å². The Labute approximate surface area is 75.9 Å². The Hall–Kier alpha value is -0.0400. The monoisotopic (exact) mass is 167 g/mol. The average Bonchev–Trinajstić information content (AvgIpc) is 2.87. The average molecular weight is 167 g/mol. The Morgan fingerprint density at radius 1 is 1.17 bits per heavy atom. The molecule has 0 spiro atoms. The smallest absolute Gasteiger partial charge is 0.0124 e. The molecule has 0 unspecified atom stereocenters. The lowest BCUT2D eigenvalue weighted by atomic mass is 10.1. The van der Waals surface area contributed by atoms with Gasteiger partial charge in [0.2, 0.25) is 0 Å². The van der Waals surface area contributed by atoms with E-state index in [2.05, 4.69) is 12.2 Å². The zero-order valence-electron chi connectivity index (χ0n) is 8.18. The van der Waals surface area contributed by atoms with Crippen LogP contribution < -0.4 is 5.32 Å². The molecule has 70 valence electrons. The predicted octanol–water partition coefficient (Wildman–Crippen LogP) is 2.56. The fourth-order valence-corrected chi connectivity index (χ4v) is 2.07. The second-order valence-corrected chi connectivity index (χ2v) is 4.51. The van der Waals surface area contributed by atoms with Crippen LogP contribution in [0.3, 0.4) is 0 Å². The van der Waals surface area contributed by atoms with Crippen molar-refractivity contribution < 1.29 is 0 Å². The standard InChI is InChI=1S/C11H21N/c1-2-3-8-12-11(9-4-5-9)10-6-7-10/h9-12H,2-8H2,1H3. The molecule has 2 fully saturated rings. The van der Waals surface area contributed by atoms with E-state index in [0.717, 1.165) is 17.9 Å². The third-order valence-electron chi connectivity index (χ3n) is 3.17. The van der Waals surface area contributed by atoms with Crippen LogP contribution in [-0.4, -0.2) is 12.6 Å². The van der Waals surface area contributed by atoms with E-state index in [4.69, 9.17) is 0 Å². The van der Waals surface area contributed by atoms with Crippen LogP contribution in [0, 0.1) is 11.8 Å². The summed E-state index contributed by atoms with van der Waals surface area (Å²) in [4.78, 5) is 0. The molecule has 0 heterocycles. The van der Waals surface area contributed by atoms with E-state index in [9.17, 15) is 0 Å². The quantitative estimate of drug-likeness (QED) is 0.599. The maximum absolute atomic E-state index is 3.74. The van der Waals surface area contributed by atoms with Crippen LogP contribution in [0.2, 0.25) is 0 Å². The van der Waals surface area contributed by atoms with Crippen LogP contribution in [0.25, 0.3) is 0 Å². The summed E-state index contributed by atoms with van der Waals surface area (Å²) in [6.45, 7) is 3.53. The summed E-state index contributed by atoms with van der Waals surface area (Å²) >= 11 is 0. The zero-order chi connectivity index (χ0) is 8.39. The van der Waals surface area contributed by atoms with Gasteiger partial charge in [0.15, 0.2) is 0 Å². The highest BCUT2D eigenvalue weighted by molar-refractivity contribution is 4.96. The fraction of sp³-hybridized carbons (Fsp3) is 1.00. The Balaban J connectivity index is 1.66. The van der Waals surface area contributed by atoms with Crippen LogP contribution in [0.4, 0.5) is 0 Å². The van der Waals surface area contributed by atoms with Gasteiger partial charge in [-0.1, -0.05) is 13.3 Å². The van der Waals surface area contributed by atoms with Crippen LogP contribution in [0.1, 0.15) is 45.4 Å². The molecule has 2 rings (SSSR count). The molecule has 0 aromatic rings. The maximum Gasteiger partial charge on any atom is 0.0124 e. The SMILES string of the molecule is CCCCNC(C1CC1)C1CC1. The van der Waals surface area contributed by atoms with Crippen LogP contribution in [0.5, 0.6) is 0 Å². The largest absolute Gasteiger partial charge is 0.313 e. The summed E-state index contributed by atoms with van der Waals surface area (Å²) < 4.78 is 0. The van der Waals surface area contributed by atoms with E-state index in [1.165, 1.54) is 45.1 Å². The molecule has 2 saturated carbocycles. The van der Waals surface area contributed by atoms with Crippen LogP contribution in [0.15, 0.2) is 0 Å². The van der Waals surface area contributed by atoms with Crippen molar-refractivity contribution in [2.24, 2.45) is 11.8 Å². The lowest BCUT2D eigenvalue weighted by Gasteiger charge is -2.16. The summed E-state index contributed by atoms with van der Waals surface area (Å²) in [6, 6.07) is 0.913. The lowest BCUT2D eigenvalue weighted by Crippen LogP contribution is -2.33. The van der Waals surface area contributed by atoms with Gasteiger partial charge in [-0.25, -0.2) is 0 Å². The molecule has 2 aliphatic carbocycles. The van der Waals surface area contributed by atoms with Gasteiger partial charge < -0.3 is 5.32 Å². The van der Waals surface area contributed by atoms with E-state index >= 15 is 0 Å². The van der Waals surface area contributed by atoms with Crippen molar-refractivity contribution in [3.8, 4) is 0 Å². The van der Waals surface area contributed by atoms with Gasteiger partial charge in [0, 0.05) is 6.04 Å². The van der Waals surface area contributed by atoms with Crippen molar-refractivity contribution in [1.29, 1.82) is 0 Å². The third kappa shape index (κ3) is 2.22. The van der Waals surface area contributed by atoms with Crippen LogP contribution >= 0.6 is 0 Å². The first-order chi connectivity index (χ1) is 5.92. The van der Waals surface area contributed by atoms with E-state index in [0.29, 0.717) is 0 Å². The predicted molar refractivity (Wildman–Crippen MR) is 52.1 cm³/mol. The van der Waals surface area contributed by atoms with E-state index < -0.39 is 0 Å². The van der Waals surface area contributed by atoms with E-state index in [1.54, 1.807) is 0 Å². The lowest BCUT2D eigenvalue weighted by molar-refractivity contribution is 0.413. The molecule has 1 N–H and O–H groups in total. The Morgan fingerprint density at radius 2 is 1.75 bits per heavy atom. The molecule has 0 saturated heterocycles. The molecular formula is C11H21N. The highest BCUT2D eigenvalue weighted by Gasteiger charge is 2.40. The summed E-state index contributed by atoms with van der Waals surface area (Å²) in [5.41, 5.74) is 0.